The van der Waals surface area contributed by atoms with Gasteiger partial charge in [0.2, 0.25) is 11.7 Å². The van der Waals surface area contributed by atoms with E-state index in [1.807, 2.05) is 36.4 Å². The van der Waals surface area contributed by atoms with Crippen LogP contribution in [0.4, 0.5) is 5.69 Å². The predicted octanol–water partition coefficient (Wildman–Crippen LogP) is 5.24. The summed E-state index contributed by atoms with van der Waals surface area (Å²) in [6.45, 7) is 2.18. The molecule has 7 nitrogen and oxygen atoms in total. The van der Waals surface area contributed by atoms with Crippen LogP contribution in [0.15, 0.2) is 53.6 Å². The molecule has 1 heterocycles. The monoisotopic (exact) mass is 467 g/mol. The molecule has 0 saturated carbocycles. The van der Waals surface area contributed by atoms with Crippen LogP contribution in [-0.4, -0.2) is 43.2 Å². The lowest BCUT2D eigenvalue weighted by atomic mass is 10.1. The second-order valence-electron chi connectivity index (χ2n) is 7.31. The van der Waals surface area contributed by atoms with E-state index < -0.39 is 0 Å². The highest BCUT2D eigenvalue weighted by Crippen LogP contribution is 2.40. The number of aromatic nitrogens is 2. The van der Waals surface area contributed by atoms with E-state index in [0.29, 0.717) is 28.0 Å². The van der Waals surface area contributed by atoms with E-state index in [4.69, 9.17) is 14.2 Å². The number of amides is 1. The first kappa shape index (κ1) is 24.4. The van der Waals surface area contributed by atoms with Crippen molar-refractivity contribution in [3.8, 4) is 28.5 Å². The average Bonchev–Trinajstić information content (AvgIpc) is 2.86. The Morgan fingerprint density at radius 3 is 2.18 bits per heavy atom. The molecule has 8 heteroatoms. The summed E-state index contributed by atoms with van der Waals surface area (Å²) in [6, 6.07) is 15.3. The normalized spacial score (nSPS) is 10.5. The number of nitrogens with zero attached hydrogens (tertiary/aromatic N) is 2. The fourth-order valence-electron chi connectivity index (χ4n) is 3.25. The maximum absolute atomic E-state index is 12.3. The summed E-state index contributed by atoms with van der Waals surface area (Å²) in [5.74, 6) is 1.77. The molecule has 174 valence electrons. The van der Waals surface area contributed by atoms with Gasteiger partial charge in [-0.05, 0) is 54.8 Å². The standard InChI is InChI=1S/C25H29N3O4S/c1-5-6-7-17-8-10-19(11-9-17)26-23(29)16-33-24-13-12-20(27-28-24)18-14-21(30-2)25(32-4)22(15-18)31-3/h8-15H,5-7,16H2,1-4H3,(H,26,29). The topological polar surface area (TPSA) is 82.6 Å². The number of carbonyl (C=O) groups excluding carboxylic acids is 1. The van der Waals surface area contributed by atoms with Crippen LogP contribution < -0.4 is 19.5 Å². The van der Waals surface area contributed by atoms with Crippen molar-refractivity contribution in [3.63, 3.8) is 0 Å². The highest BCUT2D eigenvalue weighted by molar-refractivity contribution is 7.99. The van der Waals surface area contributed by atoms with Gasteiger partial charge in [-0.25, -0.2) is 0 Å². The molecule has 0 radical (unpaired) electrons. The lowest BCUT2D eigenvalue weighted by Gasteiger charge is -2.13. The van der Waals surface area contributed by atoms with E-state index in [0.717, 1.165) is 17.7 Å². The van der Waals surface area contributed by atoms with Crippen molar-refractivity contribution < 1.29 is 19.0 Å². The molecule has 0 spiro atoms. The number of methoxy groups -OCH3 is 3. The van der Waals surface area contributed by atoms with E-state index in [2.05, 4.69) is 34.6 Å². The second kappa shape index (κ2) is 12.1. The molecule has 0 bridgehead atoms. The summed E-state index contributed by atoms with van der Waals surface area (Å²) in [5, 5.41) is 12.1. The van der Waals surface area contributed by atoms with Crippen molar-refractivity contribution in [2.75, 3.05) is 32.4 Å². The number of hydrogen-bond donors (Lipinski definition) is 1. The number of benzene rings is 2. The highest BCUT2D eigenvalue weighted by Gasteiger charge is 2.15. The van der Waals surface area contributed by atoms with Gasteiger partial charge in [-0.15, -0.1) is 10.2 Å². The van der Waals surface area contributed by atoms with Gasteiger partial charge in [0.25, 0.3) is 0 Å². The summed E-state index contributed by atoms with van der Waals surface area (Å²) in [6.07, 6.45) is 3.40. The van der Waals surface area contributed by atoms with Crippen LogP contribution in [0.25, 0.3) is 11.3 Å². The number of ether oxygens (including phenoxy) is 3. The summed E-state index contributed by atoms with van der Waals surface area (Å²) >= 11 is 1.33. The SMILES string of the molecule is CCCCc1ccc(NC(=O)CSc2ccc(-c3cc(OC)c(OC)c(OC)c3)nn2)cc1. The first-order valence-electron chi connectivity index (χ1n) is 10.7. The van der Waals surface area contributed by atoms with Gasteiger partial charge < -0.3 is 19.5 Å². The van der Waals surface area contributed by atoms with Gasteiger partial charge in [0.05, 0.1) is 32.8 Å². The number of thioether (sulfide) groups is 1. The third-order valence-electron chi connectivity index (χ3n) is 5.01. The molecule has 0 atom stereocenters. The lowest BCUT2D eigenvalue weighted by molar-refractivity contribution is -0.113. The molecule has 1 amide bonds. The zero-order valence-electron chi connectivity index (χ0n) is 19.4. The van der Waals surface area contributed by atoms with Gasteiger partial charge in [0, 0.05) is 11.3 Å². The van der Waals surface area contributed by atoms with E-state index >= 15 is 0 Å². The second-order valence-corrected chi connectivity index (χ2v) is 8.30. The third kappa shape index (κ3) is 6.61. The molecule has 1 aromatic heterocycles. The quantitative estimate of drug-likeness (QED) is 0.386. The number of aryl methyl sites for hydroxylation is 1. The maximum atomic E-state index is 12.3. The zero-order valence-corrected chi connectivity index (χ0v) is 20.2. The molecular weight excluding hydrogens is 438 g/mol. The van der Waals surface area contributed by atoms with Crippen LogP contribution in [0, 0.1) is 0 Å². The minimum Gasteiger partial charge on any atom is -0.493 e. The van der Waals surface area contributed by atoms with Gasteiger partial charge in [-0.1, -0.05) is 37.2 Å². The van der Waals surface area contributed by atoms with Crippen molar-refractivity contribution in [2.24, 2.45) is 0 Å². The fourth-order valence-corrected chi connectivity index (χ4v) is 3.87. The molecule has 0 unspecified atom stereocenters. The molecule has 3 rings (SSSR count). The Hall–Kier alpha value is -3.26. The Balaban J connectivity index is 1.59. The molecule has 33 heavy (non-hydrogen) atoms. The number of hydrogen-bond acceptors (Lipinski definition) is 7. The molecule has 0 aliphatic heterocycles. The molecule has 2 aromatic carbocycles. The number of unbranched alkanes of at least 4 members (excludes halogenated alkanes) is 1. The van der Waals surface area contributed by atoms with Crippen LogP contribution >= 0.6 is 11.8 Å². The van der Waals surface area contributed by atoms with E-state index in [1.165, 1.54) is 30.2 Å². The van der Waals surface area contributed by atoms with Crippen molar-refractivity contribution in [1.82, 2.24) is 10.2 Å². The van der Waals surface area contributed by atoms with Crippen molar-refractivity contribution in [3.05, 3.63) is 54.1 Å². The van der Waals surface area contributed by atoms with Crippen molar-refractivity contribution >= 4 is 23.4 Å². The van der Waals surface area contributed by atoms with Crippen LogP contribution in [0.2, 0.25) is 0 Å². The Morgan fingerprint density at radius 2 is 1.64 bits per heavy atom. The van der Waals surface area contributed by atoms with Crippen LogP contribution in [0.1, 0.15) is 25.3 Å². The van der Waals surface area contributed by atoms with E-state index in [-0.39, 0.29) is 11.7 Å². The molecular formula is C25H29N3O4S. The number of rotatable bonds is 11. The molecule has 0 aliphatic carbocycles. The summed E-state index contributed by atoms with van der Waals surface area (Å²) in [7, 11) is 4.70. The van der Waals surface area contributed by atoms with Crippen LogP contribution in [0.3, 0.4) is 0 Å². The Bertz CT molecular complexity index is 1030. The molecule has 0 aliphatic rings. The van der Waals surface area contributed by atoms with Crippen LogP contribution in [0.5, 0.6) is 17.2 Å². The smallest absolute Gasteiger partial charge is 0.234 e. The van der Waals surface area contributed by atoms with Gasteiger partial charge in [0.15, 0.2) is 11.5 Å². The number of carbonyl (C=O) groups is 1. The molecule has 3 aromatic rings. The summed E-state index contributed by atoms with van der Waals surface area (Å²) < 4.78 is 16.2. The Morgan fingerprint density at radius 1 is 0.939 bits per heavy atom. The van der Waals surface area contributed by atoms with Gasteiger partial charge in [-0.2, -0.15) is 0 Å². The van der Waals surface area contributed by atoms with E-state index in [1.54, 1.807) is 21.3 Å². The predicted molar refractivity (Wildman–Crippen MR) is 132 cm³/mol. The largest absolute Gasteiger partial charge is 0.493 e. The Kier molecular flexibility index (Phi) is 8.95. The zero-order chi connectivity index (χ0) is 23.6. The van der Waals surface area contributed by atoms with Gasteiger partial charge in [0.1, 0.15) is 5.03 Å². The Labute approximate surface area is 198 Å². The van der Waals surface area contributed by atoms with Crippen molar-refractivity contribution in [1.29, 1.82) is 0 Å². The summed E-state index contributed by atoms with van der Waals surface area (Å²) in [5.41, 5.74) is 3.52. The molecule has 0 saturated heterocycles. The average molecular weight is 468 g/mol. The van der Waals surface area contributed by atoms with Gasteiger partial charge in [-0.3, -0.25) is 4.79 Å². The lowest BCUT2D eigenvalue weighted by Crippen LogP contribution is -2.14. The summed E-state index contributed by atoms with van der Waals surface area (Å²) in [4.78, 5) is 12.3. The molecule has 1 N–H and O–H groups in total. The minimum absolute atomic E-state index is 0.0863. The highest BCUT2D eigenvalue weighted by atomic mass is 32.2. The van der Waals surface area contributed by atoms with E-state index in [9.17, 15) is 4.79 Å². The maximum Gasteiger partial charge on any atom is 0.234 e. The van der Waals surface area contributed by atoms with Gasteiger partial charge >= 0.3 is 0 Å². The first-order valence-corrected chi connectivity index (χ1v) is 11.7. The fraction of sp³-hybridized carbons (Fsp3) is 0.320. The number of anilines is 1. The number of nitrogens with one attached hydrogen (secondary N) is 1. The van der Waals surface area contributed by atoms with Crippen molar-refractivity contribution in [2.45, 2.75) is 31.2 Å². The van der Waals surface area contributed by atoms with Crippen LogP contribution in [-0.2, 0) is 11.2 Å². The first-order chi connectivity index (χ1) is 16.1. The molecule has 0 fully saturated rings. The minimum atomic E-state index is -0.0863. The third-order valence-corrected chi connectivity index (χ3v) is 5.93.